The van der Waals surface area contributed by atoms with Crippen LogP contribution in [-0.2, 0) is 14.8 Å². The summed E-state index contributed by atoms with van der Waals surface area (Å²) in [7, 11) is -1.29. The molecule has 1 N–H and O–H groups in total. The van der Waals surface area contributed by atoms with E-state index in [4.69, 9.17) is 14.2 Å². The molecule has 0 bridgehead atoms. The Morgan fingerprint density at radius 3 is 2.21 bits per heavy atom. The Morgan fingerprint density at radius 2 is 1.67 bits per heavy atom. The molecule has 0 aliphatic carbocycles. The standard InChI is InChI=1S/C14H15N3O6S/c1-21-11-8-12(22-2)16-14(15-11)17-24(19,20)9-23-13(18)10-6-4-3-5-7-10/h3-8H,9H2,1-2H3,(H,15,16,17). The second-order valence-corrected chi connectivity index (χ2v) is 6.08. The van der Waals surface area contributed by atoms with Crippen molar-refractivity contribution in [3.8, 4) is 11.8 Å². The molecule has 0 aliphatic rings. The molecule has 0 aliphatic heterocycles. The Bertz CT molecular complexity index is 788. The Morgan fingerprint density at radius 1 is 1.08 bits per heavy atom. The maximum absolute atomic E-state index is 12.0. The van der Waals surface area contributed by atoms with Crippen LogP contribution in [0.5, 0.6) is 11.8 Å². The van der Waals surface area contributed by atoms with Crippen LogP contribution in [0.1, 0.15) is 10.4 Å². The zero-order valence-electron chi connectivity index (χ0n) is 12.9. The van der Waals surface area contributed by atoms with Gasteiger partial charge in [0.15, 0.2) is 0 Å². The molecule has 0 fully saturated rings. The van der Waals surface area contributed by atoms with Gasteiger partial charge in [-0.05, 0) is 12.1 Å². The lowest BCUT2D eigenvalue weighted by Crippen LogP contribution is -2.22. The molecule has 0 saturated carbocycles. The number of sulfonamides is 1. The molecule has 10 heteroatoms. The van der Waals surface area contributed by atoms with Crippen LogP contribution in [0.2, 0.25) is 0 Å². The van der Waals surface area contributed by atoms with E-state index in [0.29, 0.717) is 0 Å². The molecular formula is C14H15N3O6S. The van der Waals surface area contributed by atoms with E-state index >= 15 is 0 Å². The van der Waals surface area contributed by atoms with E-state index in [1.165, 1.54) is 32.4 Å². The van der Waals surface area contributed by atoms with Crippen molar-refractivity contribution in [3.63, 3.8) is 0 Å². The number of ether oxygens (including phenoxy) is 3. The number of aromatic nitrogens is 2. The van der Waals surface area contributed by atoms with Crippen LogP contribution >= 0.6 is 0 Å². The first-order chi connectivity index (χ1) is 11.4. The maximum Gasteiger partial charge on any atom is 0.339 e. The molecule has 1 aromatic carbocycles. The van der Waals surface area contributed by atoms with Crippen molar-refractivity contribution >= 4 is 21.9 Å². The van der Waals surface area contributed by atoms with Gasteiger partial charge in [-0.3, -0.25) is 0 Å². The van der Waals surface area contributed by atoms with Crippen molar-refractivity contribution in [1.29, 1.82) is 0 Å². The third-order valence-electron chi connectivity index (χ3n) is 2.70. The molecule has 128 valence electrons. The maximum atomic E-state index is 12.0. The summed E-state index contributed by atoms with van der Waals surface area (Å²) in [4.78, 5) is 19.4. The minimum atomic E-state index is -4.02. The number of benzene rings is 1. The quantitative estimate of drug-likeness (QED) is 0.734. The molecular weight excluding hydrogens is 338 g/mol. The molecule has 9 nitrogen and oxygen atoms in total. The summed E-state index contributed by atoms with van der Waals surface area (Å²) in [5.41, 5.74) is 0.243. The number of hydrogen-bond donors (Lipinski definition) is 1. The van der Waals surface area contributed by atoms with Crippen molar-refractivity contribution in [1.82, 2.24) is 9.97 Å². The number of nitrogens with one attached hydrogen (secondary N) is 1. The lowest BCUT2D eigenvalue weighted by atomic mass is 10.2. The number of methoxy groups -OCH3 is 2. The Hall–Kier alpha value is -2.88. The normalized spacial score (nSPS) is 10.8. The van der Waals surface area contributed by atoms with Crippen LogP contribution in [0.3, 0.4) is 0 Å². The molecule has 1 heterocycles. The minimum Gasteiger partial charge on any atom is -0.481 e. The number of hydrogen-bond acceptors (Lipinski definition) is 8. The van der Waals surface area contributed by atoms with Gasteiger partial charge in [0.2, 0.25) is 23.6 Å². The van der Waals surface area contributed by atoms with E-state index in [9.17, 15) is 13.2 Å². The fraction of sp³-hybridized carbons (Fsp3) is 0.214. The van der Waals surface area contributed by atoms with Crippen LogP contribution in [0.15, 0.2) is 36.4 Å². The van der Waals surface area contributed by atoms with E-state index in [2.05, 4.69) is 14.7 Å². The van der Waals surface area contributed by atoms with Gasteiger partial charge in [-0.15, -0.1) is 0 Å². The fourth-order valence-electron chi connectivity index (χ4n) is 1.62. The lowest BCUT2D eigenvalue weighted by molar-refractivity contribution is 0.0571. The number of esters is 1. The van der Waals surface area contributed by atoms with Gasteiger partial charge in [0.25, 0.3) is 10.0 Å². The Balaban J connectivity index is 2.05. The highest BCUT2D eigenvalue weighted by molar-refractivity contribution is 7.92. The van der Waals surface area contributed by atoms with E-state index < -0.39 is 21.9 Å². The second kappa shape index (κ2) is 7.59. The van der Waals surface area contributed by atoms with Crippen LogP contribution in [0, 0.1) is 0 Å². The van der Waals surface area contributed by atoms with Crippen LogP contribution in [0.25, 0.3) is 0 Å². The number of anilines is 1. The zero-order valence-corrected chi connectivity index (χ0v) is 13.7. The molecule has 0 unspecified atom stereocenters. The van der Waals surface area contributed by atoms with Crippen LogP contribution in [-0.4, -0.2) is 44.5 Å². The second-order valence-electron chi connectivity index (χ2n) is 4.41. The van der Waals surface area contributed by atoms with Gasteiger partial charge >= 0.3 is 5.97 Å². The SMILES string of the molecule is COc1cc(OC)nc(NS(=O)(=O)COC(=O)c2ccccc2)n1. The van der Waals surface area contributed by atoms with Crippen molar-refractivity contribution in [2.75, 3.05) is 24.9 Å². The highest BCUT2D eigenvalue weighted by Gasteiger charge is 2.17. The van der Waals surface area contributed by atoms with Crippen molar-refractivity contribution in [2.45, 2.75) is 0 Å². The topological polar surface area (TPSA) is 117 Å². The van der Waals surface area contributed by atoms with Gasteiger partial charge in [-0.1, -0.05) is 18.2 Å². The smallest absolute Gasteiger partial charge is 0.339 e. The van der Waals surface area contributed by atoms with Gasteiger partial charge in [-0.2, -0.15) is 9.97 Å². The first kappa shape index (κ1) is 17.5. The van der Waals surface area contributed by atoms with E-state index in [-0.39, 0.29) is 23.3 Å². The average Bonchev–Trinajstić information content (AvgIpc) is 2.59. The first-order valence-electron chi connectivity index (χ1n) is 6.63. The highest BCUT2D eigenvalue weighted by atomic mass is 32.2. The Kier molecular flexibility index (Phi) is 5.53. The van der Waals surface area contributed by atoms with E-state index in [0.717, 1.165) is 0 Å². The van der Waals surface area contributed by atoms with Gasteiger partial charge in [0.05, 0.1) is 25.8 Å². The average molecular weight is 353 g/mol. The molecule has 0 atom stereocenters. The summed E-state index contributed by atoms with van der Waals surface area (Å²) >= 11 is 0. The third-order valence-corrected chi connectivity index (χ3v) is 3.62. The molecule has 0 saturated heterocycles. The van der Waals surface area contributed by atoms with Crippen LogP contribution in [0.4, 0.5) is 5.95 Å². The van der Waals surface area contributed by atoms with Crippen molar-refractivity contribution < 1.29 is 27.4 Å². The molecule has 24 heavy (non-hydrogen) atoms. The fourth-order valence-corrected chi connectivity index (χ4v) is 2.31. The van der Waals surface area contributed by atoms with Gasteiger partial charge in [-0.25, -0.2) is 17.9 Å². The summed E-state index contributed by atoms with van der Waals surface area (Å²) in [5, 5.41) is 0. The van der Waals surface area contributed by atoms with E-state index in [1.54, 1.807) is 18.2 Å². The van der Waals surface area contributed by atoms with Crippen molar-refractivity contribution in [2.24, 2.45) is 0 Å². The predicted molar refractivity (Wildman–Crippen MR) is 84.4 cm³/mol. The van der Waals surface area contributed by atoms with Gasteiger partial charge in [0.1, 0.15) is 0 Å². The molecule has 2 rings (SSSR count). The molecule has 2 aromatic rings. The first-order valence-corrected chi connectivity index (χ1v) is 8.28. The minimum absolute atomic E-state index is 0.112. The van der Waals surface area contributed by atoms with Crippen LogP contribution < -0.4 is 14.2 Å². The monoisotopic (exact) mass is 353 g/mol. The van der Waals surface area contributed by atoms with Gasteiger partial charge < -0.3 is 14.2 Å². The largest absolute Gasteiger partial charge is 0.481 e. The summed E-state index contributed by atoms with van der Waals surface area (Å²) in [6.45, 7) is 0. The number of carbonyl (C=O) groups is 1. The summed E-state index contributed by atoms with van der Waals surface area (Å²) < 4.78 is 40.7. The molecule has 0 spiro atoms. The third kappa shape index (κ3) is 4.81. The van der Waals surface area contributed by atoms with E-state index in [1.807, 2.05) is 0 Å². The predicted octanol–water partition coefficient (Wildman–Crippen LogP) is 1.05. The number of carbonyl (C=O) groups excluding carboxylic acids is 1. The number of rotatable bonds is 7. The summed E-state index contributed by atoms with van der Waals surface area (Å²) in [5.74, 6) is -1.68. The summed E-state index contributed by atoms with van der Waals surface area (Å²) in [6, 6.07) is 9.41. The van der Waals surface area contributed by atoms with Gasteiger partial charge in [0, 0.05) is 0 Å². The Labute approximate surface area is 138 Å². The van der Waals surface area contributed by atoms with Crippen molar-refractivity contribution in [3.05, 3.63) is 42.0 Å². The number of nitrogens with zero attached hydrogens (tertiary/aromatic N) is 2. The lowest BCUT2D eigenvalue weighted by Gasteiger charge is -2.09. The molecule has 1 aromatic heterocycles. The summed E-state index contributed by atoms with van der Waals surface area (Å²) in [6.07, 6.45) is 0. The zero-order chi connectivity index (χ0) is 17.6. The molecule has 0 radical (unpaired) electrons. The molecule has 0 amide bonds. The highest BCUT2D eigenvalue weighted by Crippen LogP contribution is 2.18.